The molecule has 0 radical (unpaired) electrons. The average Bonchev–Trinajstić information content (AvgIpc) is 3.68. The highest BCUT2D eigenvalue weighted by Gasteiger charge is 2.64. The number of rotatable bonds is 10. The Kier molecular flexibility index (Phi) is 16.6. The Balaban J connectivity index is 0.000000185. The molecule has 0 amide bonds. The van der Waals surface area contributed by atoms with Crippen molar-refractivity contribution >= 4 is 31.3 Å². The van der Waals surface area contributed by atoms with Gasteiger partial charge in [0.1, 0.15) is 5.76 Å². The van der Waals surface area contributed by atoms with Crippen LogP contribution in [0.5, 0.6) is 0 Å². The summed E-state index contributed by atoms with van der Waals surface area (Å²) < 4.78 is 99.3. The van der Waals surface area contributed by atoms with E-state index in [2.05, 4.69) is 88.2 Å². The SMILES string of the molecule is CC1(C)OB(B2OC(C)(C)C(C)(C)O2)OC1(C)C.CCCc1ccc(C2CC=C(B3OC(C)(C)C(C)(C)O3)CC2)cc1.CCCc1ccc(C2CC=C(OS(=O)(=O)C(F)(F)F)CC2)cc1. The van der Waals surface area contributed by atoms with Crippen LogP contribution in [0.25, 0.3) is 0 Å². The molecule has 0 bridgehead atoms. The van der Waals surface area contributed by atoms with E-state index in [4.69, 9.17) is 27.9 Å². The molecule has 2 unspecified atom stereocenters. The highest BCUT2D eigenvalue weighted by atomic mass is 32.2. The maximum Gasteiger partial charge on any atom is 0.534 e. The van der Waals surface area contributed by atoms with Crippen LogP contribution in [0.15, 0.2) is 71.9 Å². The predicted octanol–water partition coefficient (Wildman–Crippen LogP) is 12.4. The molecular formula is C49H74B3F3O9S. The number of hydrogen-bond acceptors (Lipinski definition) is 9. The Morgan fingerprint density at radius 2 is 0.923 bits per heavy atom. The first kappa shape index (κ1) is 53.4. The highest BCUT2D eigenvalue weighted by Crippen LogP contribution is 2.44. The molecule has 3 fully saturated rings. The second kappa shape index (κ2) is 20.2. The Morgan fingerprint density at radius 3 is 1.23 bits per heavy atom. The van der Waals surface area contributed by atoms with Crippen molar-refractivity contribution in [1.82, 2.24) is 0 Å². The lowest BCUT2D eigenvalue weighted by Gasteiger charge is -2.32. The smallest absolute Gasteiger partial charge is 0.405 e. The number of allylic oxidation sites excluding steroid dienone is 4. The first-order valence-corrected chi connectivity index (χ1v) is 25.0. The van der Waals surface area contributed by atoms with E-state index in [0.717, 1.165) is 31.2 Å². The quantitative estimate of drug-likeness (QED) is 0.131. The van der Waals surface area contributed by atoms with Crippen LogP contribution in [-0.4, -0.2) is 68.7 Å². The molecule has 2 aromatic carbocycles. The third kappa shape index (κ3) is 12.7. The van der Waals surface area contributed by atoms with E-state index in [9.17, 15) is 21.6 Å². The zero-order chi connectivity index (χ0) is 48.4. The Hall–Kier alpha value is -2.59. The standard InChI is InChI=1S/C21H31BO2.C16H19F3O3S.C12H24B2O4/c1-6-7-16-8-10-17(11-9-16)18-12-14-19(15-13-18)22-23-20(2,3)21(4,5)24-22;1-2-3-12-4-6-13(7-5-12)14-8-10-15(11-9-14)22-23(20,21)16(17,18)19;1-9(2)10(3,4)16-13(15-9)14-17-11(5,6)12(7,8)18-14/h8-11,14,18H,6-7,12-13,15H2,1-5H3;4-7,10,14H,2-3,8-9,11H2,1H3;1-8H3. The molecule has 2 aliphatic carbocycles. The third-order valence-electron chi connectivity index (χ3n) is 14.6. The molecule has 2 aromatic rings. The average molecular weight is 929 g/mol. The van der Waals surface area contributed by atoms with Crippen LogP contribution < -0.4 is 0 Å². The summed E-state index contributed by atoms with van der Waals surface area (Å²) >= 11 is 0. The largest absolute Gasteiger partial charge is 0.534 e. The molecule has 65 heavy (non-hydrogen) atoms. The van der Waals surface area contributed by atoms with Gasteiger partial charge in [-0.3, -0.25) is 0 Å². The molecule has 0 N–H and O–H groups in total. The van der Waals surface area contributed by atoms with E-state index in [1.165, 1.54) is 47.5 Å². The van der Waals surface area contributed by atoms with E-state index in [-0.39, 0.29) is 58.8 Å². The van der Waals surface area contributed by atoms with Crippen LogP contribution in [0.4, 0.5) is 13.2 Å². The van der Waals surface area contributed by atoms with Gasteiger partial charge in [0.25, 0.3) is 0 Å². The zero-order valence-electron chi connectivity index (χ0n) is 41.4. The van der Waals surface area contributed by atoms with Crippen molar-refractivity contribution in [2.45, 2.75) is 212 Å². The van der Waals surface area contributed by atoms with Crippen molar-refractivity contribution < 1.29 is 53.7 Å². The van der Waals surface area contributed by atoms with Gasteiger partial charge in [0.15, 0.2) is 0 Å². The number of benzene rings is 2. The lowest BCUT2D eigenvalue weighted by Crippen LogP contribution is -2.41. The maximum atomic E-state index is 12.3. The topological polar surface area (TPSA) is 98.8 Å². The molecular weight excluding hydrogens is 854 g/mol. The van der Waals surface area contributed by atoms with Crippen LogP contribution in [-0.2, 0) is 55.1 Å². The first-order chi connectivity index (χ1) is 29.9. The van der Waals surface area contributed by atoms with Crippen molar-refractivity contribution in [3.05, 3.63) is 94.2 Å². The molecule has 360 valence electrons. The summed E-state index contributed by atoms with van der Waals surface area (Å²) in [6, 6.07) is 17.4. The number of alkyl halides is 3. The number of halogens is 3. The summed E-state index contributed by atoms with van der Waals surface area (Å²) in [6.45, 7) is 29.0. The second-order valence-electron chi connectivity index (χ2n) is 21.2. The summed E-state index contributed by atoms with van der Waals surface area (Å²) in [5.41, 5.74) is -0.710. The van der Waals surface area contributed by atoms with Crippen LogP contribution in [0.2, 0.25) is 0 Å². The molecule has 0 aromatic heterocycles. The zero-order valence-corrected chi connectivity index (χ0v) is 42.3. The summed E-state index contributed by atoms with van der Waals surface area (Å²) in [7, 11) is -6.68. The second-order valence-corrected chi connectivity index (χ2v) is 22.7. The van der Waals surface area contributed by atoms with Crippen LogP contribution >= 0.6 is 0 Å². The van der Waals surface area contributed by atoms with E-state index in [1.54, 1.807) is 0 Å². The summed E-state index contributed by atoms with van der Waals surface area (Å²) in [5, 5.41) is 0. The number of aryl methyl sites for hydroxylation is 2. The minimum atomic E-state index is -5.56. The van der Waals surface area contributed by atoms with E-state index >= 15 is 0 Å². The van der Waals surface area contributed by atoms with Gasteiger partial charge in [0, 0.05) is 6.42 Å². The molecule has 9 nitrogen and oxygen atoms in total. The van der Waals surface area contributed by atoms with Crippen molar-refractivity contribution in [2.75, 3.05) is 0 Å². The minimum Gasteiger partial charge on any atom is -0.405 e. The van der Waals surface area contributed by atoms with Gasteiger partial charge >= 0.3 is 36.8 Å². The fourth-order valence-electron chi connectivity index (χ4n) is 8.23. The fraction of sp³-hybridized carbons (Fsp3) is 0.673. The third-order valence-corrected chi connectivity index (χ3v) is 15.6. The molecule has 7 rings (SSSR count). The summed E-state index contributed by atoms with van der Waals surface area (Å²) in [4.78, 5) is 0. The normalized spacial score (nSPS) is 25.2. The van der Waals surface area contributed by atoms with Gasteiger partial charge in [-0.05, 0) is 174 Å². The first-order valence-electron chi connectivity index (χ1n) is 23.6. The van der Waals surface area contributed by atoms with Gasteiger partial charge < -0.3 is 32.1 Å². The summed E-state index contributed by atoms with van der Waals surface area (Å²) in [6.07, 6.45) is 12.8. The van der Waals surface area contributed by atoms with Gasteiger partial charge in [-0.2, -0.15) is 21.6 Å². The van der Waals surface area contributed by atoms with Crippen molar-refractivity contribution in [3.8, 4) is 0 Å². The van der Waals surface area contributed by atoms with Crippen molar-refractivity contribution in [1.29, 1.82) is 0 Å². The number of hydrogen-bond donors (Lipinski definition) is 0. The van der Waals surface area contributed by atoms with E-state index in [0.29, 0.717) is 18.8 Å². The van der Waals surface area contributed by atoms with Crippen LogP contribution in [0.1, 0.15) is 182 Å². The van der Waals surface area contributed by atoms with Crippen molar-refractivity contribution in [3.63, 3.8) is 0 Å². The molecule has 3 aliphatic heterocycles. The van der Waals surface area contributed by atoms with Crippen LogP contribution in [0, 0.1) is 0 Å². The Morgan fingerprint density at radius 1 is 0.569 bits per heavy atom. The molecule has 2 atom stereocenters. The maximum absolute atomic E-state index is 12.3. The lowest BCUT2D eigenvalue weighted by molar-refractivity contribution is -0.0524. The molecule has 3 saturated heterocycles. The van der Waals surface area contributed by atoms with Gasteiger partial charge in [0.2, 0.25) is 0 Å². The molecule has 5 aliphatic rings. The molecule has 3 heterocycles. The predicted molar refractivity (Wildman–Crippen MR) is 255 cm³/mol. The molecule has 0 saturated carbocycles. The lowest BCUT2D eigenvalue weighted by atomic mass is 9.49. The Bertz CT molecular complexity index is 2000. The van der Waals surface area contributed by atoms with Gasteiger partial charge in [0.05, 0.1) is 33.6 Å². The van der Waals surface area contributed by atoms with Gasteiger partial charge in [-0.1, -0.05) is 81.3 Å². The van der Waals surface area contributed by atoms with Crippen LogP contribution in [0.3, 0.4) is 0 Å². The van der Waals surface area contributed by atoms with E-state index < -0.39 is 29.6 Å². The Labute approximate surface area is 389 Å². The van der Waals surface area contributed by atoms with Gasteiger partial charge in [-0.15, -0.1) is 0 Å². The van der Waals surface area contributed by atoms with Crippen molar-refractivity contribution in [2.24, 2.45) is 0 Å². The highest BCUT2D eigenvalue weighted by molar-refractivity contribution is 7.87. The van der Waals surface area contributed by atoms with E-state index in [1.807, 2.05) is 67.5 Å². The van der Waals surface area contributed by atoms with Gasteiger partial charge in [-0.25, -0.2) is 0 Å². The minimum absolute atomic E-state index is 0.124. The molecule has 16 heteroatoms. The monoisotopic (exact) mass is 929 g/mol. The summed E-state index contributed by atoms with van der Waals surface area (Å²) in [5.74, 6) is 0.680. The fourth-order valence-corrected chi connectivity index (χ4v) is 8.76. The molecule has 0 spiro atoms.